The second-order valence-corrected chi connectivity index (χ2v) is 12.2. The topological polar surface area (TPSA) is 75.0 Å². The predicted molar refractivity (Wildman–Crippen MR) is 136 cm³/mol. The van der Waals surface area contributed by atoms with Gasteiger partial charge in [-0.1, -0.05) is 24.6 Å². The second-order valence-electron chi connectivity index (χ2n) is 10.3. The highest BCUT2D eigenvalue weighted by molar-refractivity contribution is 7.89. The van der Waals surface area contributed by atoms with Gasteiger partial charge >= 0.3 is 0 Å². The molecule has 2 saturated heterocycles. The van der Waals surface area contributed by atoms with Crippen LogP contribution in [0, 0.1) is 19.8 Å². The lowest BCUT2D eigenvalue weighted by molar-refractivity contribution is 0.0699. The van der Waals surface area contributed by atoms with Crippen molar-refractivity contribution in [2.75, 3.05) is 26.2 Å². The number of piperidine rings is 2. The lowest BCUT2D eigenvalue weighted by Crippen LogP contribution is -2.38. The highest BCUT2D eigenvalue weighted by Crippen LogP contribution is 2.33. The first-order valence-electron chi connectivity index (χ1n) is 12.6. The predicted octanol–water partition coefficient (Wildman–Crippen LogP) is 4.39. The molecule has 0 atom stereocenters. The third-order valence-electron chi connectivity index (χ3n) is 7.72. The summed E-state index contributed by atoms with van der Waals surface area (Å²) < 4.78 is 29.9. The molecule has 2 aliphatic heterocycles. The van der Waals surface area contributed by atoms with E-state index in [1.165, 1.54) is 0 Å². The number of aromatic nitrogens is 2. The molecule has 4 heterocycles. The molecule has 0 N–H and O–H groups in total. The first-order chi connectivity index (χ1) is 16.7. The summed E-state index contributed by atoms with van der Waals surface area (Å²) >= 11 is 0. The molecule has 0 saturated carbocycles. The monoisotopic (exact) mass is 494 g/mol. The molecule has 7 nitrogen and oxygen atoms in total. The molecule has 5 rings (SSSR count). The van der Waals surface area contributed by atoms with Crippen molar-refractivity contribution in [2.45, 2.75) is 57.3 Å². The van der Waals surface area contributed by atoms with Crippen LogP contribution >= 0.6 is 0 Å². The van der Waals surface area contributed by atoms with E-state index in [4.69, 9.17) is 0 Å². The molecule has 0 unspecified atom stereocenters. The molecule has 2 aromatic heterocycles. The van der Waals surface area contributed by atoms with Crippen molar-refractivity contribution < 1.29 is 13.2 Å². The smallest absolute Gasteiger partial charge is 0.257 e. The number of benzene rings is 1. The van der Waals surface area contributed by atoms with Crippen molar-refractivity contribution in [2.24, 2.45) is 5.92 Å². The summed E-state index contributed by atoms with van der Waals surface area (Å²) in [6, 6.07) is 9.63. The number of amides is 1. The van der Waals surface area contributed by atoms with Crippen molar-refractivity contribution in [3.8, 4) is 0 Å². The number of sulfonamides is 1. The Morgan fingerprint density at radius 3 is 2.37 bits per heavy atom. The van der Waals surface area contributed by atoms with Gasteiger partial charge in [0.2, 0.25) is 10.0 Å². The fourth-order valence-corrected chi connectivity index (χ4v) is 7.13. The van der Waals surface area contributed by atoms with Crippen LogP contribution in [0.1, 0.15) is 65.6 Å². The van der Waals surface area contributed by atoms with Gasteiger partial charge in [-0.05, 0) is 80.7 Å². The number of hydrogen-bond acceptors (Lipinski definition) is 4. The Balaban J connectivity index is 1.32. The highest BCUT2D eigenvalue weighted by Gasteiger charge is 2.31. The minimum Gasteiger partial charge on any atom is -0.339 e. The van der Waals surface area contributed by atoms with Crippen LogP contribution in [-0.2, 0) is 10.0 Å². The number of rotatable bonds is 4. The Kier molecular flexibility index (Phi) is 6.44. The molecule has 2 fully saturated rings. The molecule has 0 spiro atoms. The molecule has 3 aromatic rings. The Hall–Kier alpha value is -2.71. The maximum atomic E-state index is 13.3. The van der Waals surface area contributed by atoms with Gasteiger partial charge in [-0.25, -0.2) is 12.9 Å². The van der Waals surface area contributed by atoms with Crippen LogP contribution in [0.25, 0.3) is 5.52 Å². The SMILES string of the molecule is Cc1ccc(S(=O)(=O)N2CCC(c3ccn4ncc(C(=O)N5CCC(C)CC5)c4c3)CC2)c(C)c1. The third-order valence-corrected chi connectivity index (χ3v) is 9.78. The molecular weight excluding hydrogens is 460 g/mol. The summed E-state index contributed by atoms with van der Waals surface area (Å²) in [6.45, 7) is 8.64. The number of fused-ring (bicyclic) bond motifs is 1. The maximum Gasteiger partial charge on any atom is 0.257 e. The molecular formula is C27H34N4O3S. The van der Waals surface area contributed by atoms with Gasteiger partial charge in [0.25, 0.3) is 5.91 Å². The first kappa shape index (κ1) is 24.0. The lowest BCUT2D eigenvalue weighted by atomic mass is 9.90. The fraction of sp³-hybridized carbons (Fsp3) is 0.481. The summed E-state index contributed by atoms with van der Waals surface area (Å²) in [5.74, 6) is 0.969. The largest absolute Gasteiger partial charge is 0.339 e. The summed E-state index contributed by atoms with van der Waals surface area (Å²) in [5, 5.41) is 4.41. The summed E-state index contributed by atoms with van der Waals surface area (Å²) in [6.07, 6.45) is 7.18. The van der Waals surface area contributed by atoms with Crippen LogP contribution in [0.5, 0.6) is 0 Å². The average Bonchev–Trinajstić information content (AvgIpc) is 3.27. The second kappa shape index (κ2) is 9.39. The fourth-order valence-electron chi connectivity index (χ4n) is 5.46. The van der Waals surface area contributed by atoms with Gasteiger partial charge in [0, 0.05) is 32.4 Å². The number of hydrogen-bond donors (Lipinski definition) is 0. The van der Waals surface area contributed by atoms with Crippen molar-refractivity contribution in [1.29, 1.82) is 0 Å². The molecule has 0 bridgehead atoms. The molecule has 0 radical (unpaired) electrons. The number of carbonyl (C=O) groups is 1. The minimum absolute atomic E-state index is 0.0541. The summed E-state index contributed by atoms with van der Waals surface area (Å²) in [4.78, 5) is 15.5. The minimum atomic E-state index is -3.51. The van der Waals surface area contributed by atoms with E-state index in [9.17, 15) is 13.2 Å². The van der Waals surface area contributed by atoms with E-state index < -0.39 is 10.0 Å². The van der Waals surface area contributed by atoms with E-state index >= 15 is 0 Å². The van der Waals surface area contributed by atoms with E-state index in [0.29, 0.717) is 29.5 Å². The van der Waals surface area contributed by atoms with Crippen molar-refractivity contribution in [1.82, 2.24) is 18.8 Å². The number of carbonyl (C=O) groups excluding carboxylic acids is 1. The number of aryl methyl sites for hydroxylation is 2. The van der Waals surface area contributed by atoms with Gasteiger partial charge in [-0.2, -0.15) is 9.40 Å². The van der Waals surface area contributed by atoms with E-state index in [2.05, 4.69) is 24.2 Å². The Bertz CT molecular complexity index is 1350. The quantitative estimate of drug-likeness (QED) is 0.539. The standard InChI is InChI=1S/C27H34N4O3S/c1-19-6-11-29(12-7-19)27(32)24-18-28-31-15-10-23(17-25(24)31)22-8-13-30(14-9-22)35(33,34)26-5-4-20(2)16-21(26)3/h4-5,10,15-19,22H,6-9,11-14H2,1-3H3. The van der Waals surface area contributed by atoms with Crippen LogP contribution in [0.3, 0.4) is 0 Å². The Morgan fingerprint density at radius 1 is 0.971 bits per heavy atom. The average molecular weight is 495 g/mol. The van der Waals surface area contributed by atoms with Gasteiger partial charge in [0.05, 0.1) is 22.2 Å². The lowest BCUT2D eigenvalue weighted by Gasteiger charge is -2.32. The highest BCUT2D eigenvalue weighted by atomic mass is 32.2. The Labute approximate surface area is 207 Å². The normalized spacial score (nSPS) is 18.9. The number of nitrogens with zero attached hydrogens (tertiary/aromatic N) is 4. The maximum absolute atomic E-state index is 13.3. The van der Waals surface area contributed by atoms with Crippen LogP contribution in [-0.4, -0.2) is 59.3 Å². The van der Waals surface area contributed by atoms with Gasteiger partial charge in [0.15, 0.2) is 0 Å². The van der Waals surface area contributed by atoms with Crippen LogP contribution in [0.2, 0.25) is 0 Å². The zero-order chi connectivity index (χ0) is 24.7. The van der Waals surface area contributed by atoms with E-state index in [-0.39, 0.29) is 11.8 Å². The van der Waals surface area contributed by atoms with Gasteiger partial charge in [0.1, 0.15) is 0 Å². The van der Waals surface area contributed by atoms with Crippen LogP contribution in [0.15, 0.2) is 47.6 Å². The molecule has 0 aliphatic carbocycles. The number of likely N-dealkylation sites (tertiary alicyclic amines) is 1. The van der Waals surface area contributed by atoms with E-state index in [1.807, 2.05) is 37.1 Å². The van der Waals surface area contributed by atoms with Gasteiger partial charge in [-0.3, -0.25) is 4.79 Å². The number of pyridine rings is 1. The Morgan fingerprint density at radius 2 is 1.69 bits per heavy atom. The summed E-state index contributed by atoms with van der Waals surface area (Å²) in [7, 11) is -3.51. The van der Waals surface area contributed by atoms with Gasteiger partial charge < -0.3 is 4.90 Å². The molecule has 1 amide bonds. The van der Waals surface area contributed by atoms with Crippen LogP contribution in [0.4, 0.5) is 0 Å². The molecule has 35 heavy (non-hydrogen) atoms. The van der Waals surface area contributed by atoms with Crippen molar-refractivity contribution >= 4 is 21.4 Å². The molecule has 2 aliphatic rings. The zero-order valence-electron chi connectivity index (χ0n) is 20.8. The first-order valence-corrected chi connectivity index (χ1v) is 14.0. The van der Waals surface area contributed by atoms with Gasteiger partial charge in [-0.15, -0.1) is 0 Å². The summed E-state index contributed by atoms with van der Waals surface area (Å²) in [5.41, 5.74) is 4.47. The molecule has 186 valence electrons. The molecule has 8 heteroatoms. The van der Waals surface area contributed by atoms with Crippen molar-refractivity contribution in [3.05, 3.63) is 65.0 Å². The van der Waals surface area contributed by atoms with E-state index in [1.54, 1.807) is 21.1 Å². The van der Waals surface area contributed by atoms with Crippen molar-refractivity contribution in [3.63, 3.8) is 0 Å². The van der Waals surface area contributed by atoms with E-state index in [0.717, 1.165) is 61.0 Å². The zero-order valence-corrected chi connectivity index (χ0v) is 21.6. The van der Waals surface area contributed by atoms with Crippen LogP contribution < -0.4 is 0 Å². The third kappa shape index (κ3) is 4.61. The molecule has 1 aromatic carbocycles.